The Kier molecular flexibility index (Phi) is 11.0. The number of ether oxygens (including phenoxy) is 2. The molecule has 0 fully saturated rings. The van der Waals surface area contributed by atoms with E-state index in [2.05, 4.69) is 14.8 Å². The topological polar surface area (TPSA) is 125 Å². The predicted octanol–water partition coefficient (Wildman–Crippen LogP) is 2.95. The van der Waals surface area contributed by atoms with Crippen molar-refractivity contribution in [2.75, 3.05) is 44.1 Å². The molecule has 14 heteroatoms. The van der Waals surface area contributed by atoms with Gasteiger partial charge in [-0.3, -0.25) is 14.7 Å². The highest BCUT2D eigenvalue weighted by atomic mass is 32.2. The van der Waals surface area contributed by atoms with E-state index in [1.807, 2.05) is 24.8 Å². The van der Waals surface area contributed by atoms with Crippen LogP contribution in [0.2, 0.25) is 0 Å². The summed E-state index contributed by atoms with van der Waals surface area (Å²) >= 11 is 0. The highest BCUT2D eigenvalue weighted by molar-refractivity contribution is 7.82. The number of para-hydroxylation sites is 1. The molecule has 0 spiro atoms. The average Bonchev–Trinajstić information content (AvgIpc) is 3.45. The smallest absolute Gasteiger partial charge is 0.261 e. The number of nitrogens with two attached hydrogens (primary N) is 1. The molecule has 0 radical (unpaired) electrons. The summed E-state index contributed by atoms with van der Waals surface area (Å²) in [6, 6.07) is 12.6. The van der Waals surface area contributed by atoms with Gasteiger partial charge in [-0.1, -0.05) is 19.1 Å². The van der Waals surface area contributed by atoms with Gasteiger partial charge in [-0.2, -0.15) is 5.10 Å². The number of likely N-dealkylation sites (N-methyl/N-ethyl adjacent to an activating group) is 1. The van der Waals surface area contributed by atoms with Gasteiger partial charge in [0, 0.05) is 30.4 Å². The number of rotatable bonds is 14. The molecule has 47 heavy (non-hydrogen) atoms. The lowest BCUT2D eigenvalue weighted by Crippen LogP contribution is -2.50. The zero-order chi connectivity index (χ0) is 33.7. The Hall–Kier alpha value is -4.24. The Bertz CT molecular complexity index is 1830. The number of alkyl halides is 2. The number of allylic oxidation sites excluding steroid dienone is 1. The lowest BCUT2D eigenvalue weighted by molar-refractivity contribution is -0.0219. The third-order valence-corrected chi connectivity index (χ3v) is 8.45. The van der Waals surface area contributed by atoms with E-state index in [9.17, 15) is 22.2 Å². The third kappa shape index (κ3) is 8.19. The fraction of sp³-hybridized carbons (Fsp3) is 0.333. The number of H-pyrrole nitrogens is 1. The van der Waals surface area contributed by atoms with Crippen LogP contribution in [0.4, 0.5) is 18.9 Å². The predicted molar refractivity (Wildman–Crippen MR) is 177 cm³/mol. The number of aromatic amines is 1. The van der Waals surface area contributed by atoms with Crippen LogP contribution in [0, 0.1) is 12.7 Å². The van der Waals surface area contributed by atoms with E-state index in [-0.39, 0.29) is 29.3 Å². The molecule has 2 aliphatic rings. The number of nitrogens with zero attached hydrogens (tertiary/aromatic N) is 3. The molecule has 1 aromatic heterocycles. The van der Waals surface area contributed by atoms with Crippen molar-refractivity contribution >= 4 is 40.8 Å². The molecule has 1 aliphatic heterocycles. The van der Waals surface area contributed by atoms with Gasteiger partial charge in [-0.25, -0.2) is 22.1 Å². The van der Waals surface area contributed by atoms with Crippen molar-refractivity contribution in [3.63, 3.8) is 0 Å². The third-order valence-electron chi connectivity index (χ3n) is 7.84. The van der Waals surface area contributed by atoms with Gasteiger partial charge >= 0.3 is 0 Å². The number of anilines is 1. The van der Waals surface area contributed by atoms with Crippen LogP contribution in [-0.2, 0) is 15.7 Å². The molecule has 0 saturated heterocycles. The van der Waals surface area contributed by atoms with Crippen molar-refractivity contribution < 1.29 is 31.6 Å². The normalized spacial score (nSPS) is 18.3. The van der Waals surface area contributed by atoms with Gasteiger partial charge < -0.3 is 20.2 Å². The lowest BCUT2D eigenvalue weighted by atomic mass is 10.0. The second-order valence-electron chi connectivity index (χ2n) is 11.1. The number of ketones is 1. The van der Waals surface area contributed by atoms with Crippen molar-refractivity contribution in [1.29, 1.82) is 0 Å². The summed E-state index contributed by atoms with van der Waals surface area (Å²) in [6.45, 7) is 4.73. The lowest BCUT2D eigenvalue weighted by Gasteiger charge is -2.34. The number of carbonyl (C=O) groups excluding carboxylic acids is 1. The molecule has 0 saturated carbocycles. The number of fused-ring (bicyclic) bond motifs is 1. The van der Waals surface area contributed by atoms with Crippen LogP contribution in [-0.4, -0.2) is 83.7 Å². The molecule has 2 heterocycles. The van der Waals surface area contributed by atoms with Crippen LogP contribution in [0.1, 0.15) is 23.0 Å². The quantitative estimate of drug-likeness (QED) is 0.225. The summed E-state index contributed by atoms with van der Waals surface area (Å²) in [5.74, 6) is -0.257. The van der Waals surface area contributed by atoms with Gasteiger partial charge in [0.05, 0.1) is 52.8 Å². The van der Waals surface area contributed by atoms with E-state index in [1.165, 1.54) is 18.5 Å². The second kappa shape index (κ2) is 15.1. The van der Waals surface area contributed by atoms with Crippen LogP contribution in [0.5, 0.6) is 11.5 Å². The van der Waals surface area contributed by atoms with E-state index in [1.54, 1.807) is 53.5 Å². The number of hydrogen-bond acceptors (Lipinski definition) is 8. The average molecular weight is 671 g/mol. The van der Waals surface area contributed by atoms with Crippen LogP contribution in [0.25, 0.3) is 12.2 Å². The first-order chi connectivity index (χ1) is 22.5. The molecule has 5 rings (SSSR count). The maximum absolute atomic E-state index is 14.0. The van der Waals surface area contributed by atoms with Crippen molar-refractivity contribution in [2.45, 2.75) is 32.4 Å². The van der Waals surface area contributed by atoms with E-state index in [0.717, 1.165) is 11.3 Å². The van der Waals surface area contributed by atoms with Crippen LogP contribution in [0.3, 0.4) is 0 Å². The number of hydrogen-bond donors (Lipinski definition) is 3. The van der Waals surface area contributed by atoms with Crippen molar-refractivity contribution in [2.24, 2.45) is 10.8 Å². The fourth-order valence-corrected chi connectivity index (χ4v) is 5.93. The first-order valence-electron chi connectivity index (χ1n) is 15.0. The van der Waals surface area contributed by atoms with E-state index >= 15 is 0 Å². The number of carbonyl (C=O) groups is 1. The second-order valence-corrected chi connectivity index (χ2v) is 12.3. The highest BCUT2D eigenvalue weighted by Crippen LogP contribution is 2.30. The molecule has 250 valence electrons. The molecular weight excluding hydrogens is 633 g/mol. The first-order valence-corrected chi connectivity index (χ1v) is 16.6. The summed E-state index contributed by atoms with van der Waals surface area (Å²) in [6.07, 6.45) is 3.23. The first kappa shape index (κ1) is 34.1. The molecular formula is C33H37F3N6O4S. The van der Waals surface area contributed by atoms with Crippen LogP contribution < -0.4 is 30.8 Å². The summed E-state index contributed by atoms with van der Waals surface area (Å²) in [4.78, 5) is 18.8. The maximum atomic E-state index is 14.0. The highest BCUT2D eigenvalue weighted by Gasteiger charge is 2.29. The standard InChI is InChI=1S/C33H37F3N6O4S/c1-4-41(12-11-39-47(3)44)29-16-26-21(15-31(29)45-19-32(35)36)14-27(40-26)33(43)23-17-38-42(18-25(23)37)28-10-9-22(13-20(28)2)46-30-8-6-5-7-24(30)34/h5-10,13-17,29,31-32,39-40H,4,11-12,18-19,37H2,1-3H3. The zero-order valence-corrected chi connectivity index (χ0v) is 27.0. The molecule has 0 bridgehead atoms. The minimum atomic E-state index is -2.64. The maximum Gasteiger partial charge on any atom is 0.261 e. The monoisotopic (exact) mass is 670 g/mol. The Morgan fingerprint density at radius 3 is 2.70 bits per heavy atom. The van der Waals surface area contributed by atoms with Crippen molar-refractivity contribution in [3.05, 3.63) is 87.4 Å². The SMILES string of the molecule is CCN(CCNS(C)=O)C1C=c2[nH]c(C(=O)C3=C(N)CN(c4ccc(Oc5ccccc5F)cc4C)N=C3)cc2=CC1OCC(F)F. The number of Topliss-reactive ketones (excluding diaryl/α,β-unsaturated/α-hetero) is 1. The van der Waals surface area contributed by atoms with Crippen LogP contribution in [0.15, 0.2) is 64.9 Å². The molecule has 0 amide bonds. The summed E-state index contributed by atoms with van der Waals surface area (Å²) < 4.78 is 65.9. The Labute approximate surface area is 273 Å². The van der Waals surface area contributed by atoms with Gasteiger partial charge in [-0.15, -0.1) is 0 Å². The number of halogens is 3. The summed E-state index contributed by atoms with van der Waals surface area (Å²) in [7, 11) is -1.19. The molecule has 10 nitrogen and oxygen atoms in total. The minimum Gasteiger partial charge on any atom is -0.454 e. The van der Waals surface area contributed by atoms with Gasteiger partial charge in [0.1, 0.15) is 12.4 Å². The summed E-state index contributed by atoms with van der Waals surface area (Å²) in [5, 5.41) is 7.45. The molecule has 2 aromatic carbocycles. The Morgan fingerprint density at radius 2 is 2.02 bits per heavy atom. The summed E-state index contributed by atoms with van der Waals surface area (Å²) in [5.41, 5.74) is 8.76. The number of hydrazone groups is 1. The Morgan fingerprint density at radius 1 is 1.23 bits per heavy atom. The number of aromatic nitrogens is 1. The minimum absolute atomic E-state index is 0.115. The number of aryl methyl sites for hydroxylation is 1. The van der Waals surface area contributed by atoms with E-state index in [0.29, 0.717) is 41.6 Å². The van der Waals surface area contributed by atoms with Gasteiger partial charge in [-0.05, 0) is 72.8 Å². The molecule has 1 aliphatic carbocycles. The van der Waals surface area contributed by atoms with E-state index in [4.69, 9.17) is 15.2 Å². The Balaban J connectivity index is 1.34. The fourth-order valence-electron chi connectivity index (χ4n) is 5.55. The zero-order valence-electron chi connectivity index (χ0n) is 26.2. The molecule has 4 N–H and O–H groups in total. The van der Waals surface area contributed by atoms with Gasteiger partial charge in [0.25, 0.3) is 6.43 Å². The molecule has 3 atom stereocenters. The number of benzene rings is 2. The van der Waals surface area contributed by atoms with Crippen molar-refractivity contribution in [1.82, 2.24) is 14.6 Å². The van der Waals surface area contributed by atoms with Gasteiger partial charge in [0.15, 0.2) is 11.6 Å². The number of nitrogens with one attached hydrogen (secondary N) is 2. The molecule has 3 aromatic rings. The van der Waals surface area contributed by atoms with Crippen molar-refractivity contribution in [3.8, 4) is 11.5 Å². The van der Waals surface area contributed by atoms with Gasteiger partial charge in [0.2, 0.25) is 5.78 Å². The van der Waals surface area contributed by atoms with Crippen LogP contribution >= 0.6 is 0 Å². The largest absolute Gasteiger partial charge is 0.454 e. The molecule has 3 unspecified atom stereocenters. The van der Waals surface area contributed by atoms with E-state index < -0.39 is 42.0 Å².